The van der Waals surface area contributed by atoms with Crippen molar-refractivity contribution in [1.29, 1.82) is 0 Å². The van der Waals surface area contributed by atoms with Gasteiger partial charge in [0, 0.05) is 32.5 Å². The van der Waals surface area contributed by atoms with Gasteiger partial charge in [0.15, 0.2) is 0 Å². The van der Waals surface area contributed by atoms with E-state index in [1.807, 2.05) is 12.4 Å². The molecule has 1 fully saturated rings. The second kappa shape index (κ2) is 7.23. The fourth-order valence-corrected chi connectivity index (χ4v) is 3.33. The van der Waals surface area contributed by atoms with Gasteiger partial charge in [0.1, 0.15) is 5.82 Å². The summed E-state index contributed by atoms with van der Waals surface area (Å²) in [6.07, 6.45) is 11.7. The first-order valence-corrected chi connectivity index (χ1v) is 7.95. The van der Waals surface area contributed by atoms with Crippen LogP contribution in [-0.4, -0.2) is 33.5 Å². The van der Waals surface area contributed by atoms with Gasteiger partial charge in [-0.1, -0.05) is 32.6 Å². The number of aliphatic hydroxyl groups excluding tert-OH is 1. The number of aryl methyl sites for hydroxylation is 1. The first-order valence-electron chi connectivity index (χ1n) is 7.95. The van der Waals surface area contributed by atoms with Crippen molar-refractivity contribution in [3.8, 4) is 0 Å². The Labute approximate surface area is 122 Å². The molecule has 1 aromatic rings. The summed E-state index contributed by atoms with van der Waals surface area (Å²) in [4.78, 5) is 4.41. The third-order valence-corrected chi connectivity index (χ3v) is 4.61. The molecule has 0 radical (unpaired) electrons. The molecule has 114 valence electrons. The first-order chi connectivity index (χ1) is 9.72. The van der Waals surface area contributed by atoms with Gasteiger partial charge in [0.05, 0.1) is 11.7 Å². The van der Waals surface area contributed by atoms with E-state index in [9.17, 15) is 5.11 Å². The molecule has 4 heteroatoms. The summed E-state index contributed by atoms with van der Waals surface area (Å²) in [5.41, 5.74) is -0.376. The molecule has 0 aliphatic heterocycles. The van der Waals surface area contributed by atoms with Crippen LogP contribution in [0.4, 0.5) is 0 Å². The monoisotopic (exact) mass is 280 g/mol. The Bertz CT molecular complexity index is 395. The molecule has 1 unspecified atom stereocenters. The smallest absolute Gasteiger partial charge is 0.111 e. The highest BCUT2D eigenvalue weighted by Gasteiger charge is 2.38. The molecule has 20 heavy (non-hydrogen) atoms. The largest absolute Gasteiger partial charge is 0.390 e. The van der Waals surface area contributed by atoms with Gasteiger partial charge in [0.2, 0.25) is 0 Å². The number of aliphatic hydroxyl groups is 1. The molecule has 1 aromatic heterocycles. The predicted molar refractivity (Wildman–Crippen MR) is 79.7 cm³/mol. The SMILES string of the molecule is CCCn1ccnc1CC(O)C1(OC)CCCCCC1. The Hall–Kier alpha value is -0.870. The van der Waals surface area contributed by atoms with Gasteiger partial charge in [-0.3, -0.25) is 0 Å². The van der Waals surface area contributed by atoms with E-state index in [1.54, 1.807) is 7.11 Å². The van der Waals surface area contributed by atoms with Crippen molar-refractivity contribution in [2.75, 3.05) is 7.11 Å². The topological polar surface area (TPSA) is 47.3 Å². The summed E-state index contributed by atoms with van der Waals surface area (Å²) in [6.45, 7) is 3.12. The molecule has 1 saturated carbocycles. The van der Waals surface area contributed by atoms with E-state index in [1.165, 1.54) is 12.8 Å². The molecule has 1 aliphatic carbocycles. The van der Waals surface area contributed by atoms with Crippen LogP contribution in [0.5, 0.6) is 0 Å². The summed E-state index contributed by atoms with van der Waals surface area (Å²) >= 11 is 0. The van der Waals surface area contributed by atoms with Crippen LogP contribution in [0.2, 0.25) is 0 Å². The normalized spacial score (nSPS) is 20.6. The summed E-state index contributed by atoms with van der Waals surface area (Å²) in [7, 11) is 1.74. The zero-order chi connectivity index (χ0) is 14.4. The van der Waals surface area contributed by atoms with E-state index < -0.39 is 6.10 Å². The van der Waals surface area contributed by atoms with Crippen LogP contribution in [0.1, 0.15) is 57.7 Å². The van der Waals surface area contributed by atoms with Crippen molar-refractivity contribution in [3.63, 3.8) is 0 Å². The van der Waals surface area contributed by atoms with Crippen molar-refractivity contribution in [3.05, 3.63) is 18.2 Å². The average molecular weight is 280 g/mol. The van der Waals surface area contributed by atoms with Crippen LogP contribution in [0.15, 0.2) is 12.4 Å². The highest BCUT2D eigenvalue weighted by molar-refractivity contribution is 5.00. The summed E-state index contributed by atoms with van der Waals surface area (Å²) in [5, 5.41) is 10.7. The average Bonchev–Trinajstić information content (AvgIpc) is 2.75. The molecule has 1 aliphatic rings. The van der Waals surface area contributed by atoms with Gasteiger partial charge < -0.3 is 14.4 Å². The van der Waals surface area contributed by atoms with Gasteiger partial charge in [-0.25, -0.2) is 4.98 Å². The van der Waals surface area contributed by atoms with Crippen LogP contribution in [0, 0.1) is 0 Å². The molecule has 1 heterocycles. The van der Waals surface area contributed by atoms with Crippen molar-refractivity contribution in [2.45, 2.75) is 76.5 Å². The van der Waals surface area contributed by atoms with E-state index >= 15 is 0 Å². The lowest BCUT2D eigenvalue weighted by Crippen LogP contribution is -2.45. The van der Waals surface area contributed by atoms with E-state index in [-0.39, 0.29) is 5.60 Å². The van der Waals surface area contributed by atoms with Crippen molar-refractivity contribution in [1.82, 2.24) is 9.55 Å². The maximum atomic E-state index is 10.7. The highest BCUT2D eigenvalue weighted by Crippen LogP contribution is 2.34. The number of aromatic nitrogens is 2. The number of hydrogen-bond donors (Lipinski definition) is 1. The predicted octanol–water partition coefficient (Wildman–Crippen LogP) is 2.94. The van der Waals surface area contributed by atoms with E-state index in [0.29, 0.717) is 6.42 Å². The number of ether oxygens (including phenoxy) is 1. The second-order valence-electron chi connectivity index (χ2n) is 5.94. The van der Waals surface area contributed by atoms with Gasteiger partial charge in [-0.05, 0) is 19.3 Å². The van der Waals surface area contributed by atoms with Gasteiger partial charge in [-0.15, -0.1) is 0 Å². The lowest BCUT2D eigenvalue weighted by molar-refractivity contribution is -0.111. The minimum absolute atomic E-state index is 0.376. The Kier molecular flexibility index (Phi) is 5.61. The molecule has 2 rings (SSSR count). The minimum Gasteiger partial charge on any atom is -0.390 e. The van der Waals surface area contributed by atoms with Gasteiger partial charge >= 0.3 is 0 Å². The second-order valence-corrected chi connectivity index (χ2v) is 5.94. The standard InChI is InChI=1S/C16H28N2O2/c1-3-11-18-12-10-17-15(18)13-14(19)16(20-2)8-6-4-5-7-9-16/h10,12,14,19H,3-9,11,13H2,1-2H3. The number of nitrogens with zero attached hydrogens (tertiary/aromatic N) is 2. The third-order valence-electron chi connectivity index (χ3n) is 4.61. The van der Waals surface area contributed by atoms with Crippen LogP contribution in [0.25, 0.3) is 0 Å². The molecule has 4 nitrogen and oxygen atoms in total. The summed E-state index contributed by atoms with van der Waals surface area (Å²) in [6, 6.07) is 0. The fraction of sp³-hybridized carbons (Fsp3) is 0.812. The Morgan fingerprint density at radius 1 is 1.35 bits per heavy atom. The zero-order valence-corrected chi connectivity index (χ0v) is 12.8. The maximum Gasteiger partial charge on any atom is 0.111 e. The Morgan fingerprint density at radius 2 is 2.05 bits per heavy atom. The van der Waals surface area contributed by atoms with Crippen molar-refractivity contribution < 1.29 is 9.84 Å². The number of rotatable bonds is 6. The Morgan fingerprint density at radius 3 is 2.65 bits per heavy atom. The molecule has 0 amide bonds. The van der Waals surface area contributed by atoms with Gasteiger partial charge in [-0.2, -0.15) is 0 Å². The minimum atomic E-state index is -0.469. The summed E-state index contributed by atoms with van der Waals surface area (Å²) < 4.78 is 7.92. The fourth-order valence-electron chi connectivity index (χ4n) is 3.33. The van der Waals surface area contributed by atoms with Crippen LogP contribution in [-0.2, 0) is 17.7 Å². The third kappa shape index (κ3) is 3.41. The van der Waals surface area contributed by atoms with E-state index in [0.717, 1.165) is 44.5 Å². The van der Waals surface area contributed by atoms with Gasteiger partial charge in [0.25, 0.3) is 0 Å². The van der Waals surface area contributed by atoms with Crippen molar-refractivity contribution >= 4 is 0 Å². The van der Waals surface area contributed by atoms with Crippen LogP contribution >= 0.6 is 0 Å². The molecule has 1 N–H and O–H groups in total. The molecule has 1 atom stereocenters. The number of hydrogen-bond acceptors (Lipinski definition) is 3. The molecule has 0 aromatic carbocycles. The maximum absolute atomic E-state index is 10.7. The highest BCUT2D eigenvalue weighted by atomic mass is 16.5. The van der Waals surface area contributed by atoms with E-state index in [4.69, 9.17) is 4.74 Å². The Balaban J connectivity index is 2.08. The van der Waals surface area contributed by atoms with Crippen molar-refractivity contribution in [2.24, 2.45) is 0 Å². The molecular formula is C16H28N2O2. The quantitative estimate of drug-likeness (QED) is 0.815. The molecular weight excluding hydrogens is 252 g/mol. The number of methoxy groups -OCH3 is 1. The molecule has 0 spiro atoms. The van der Waals surface area contributed by atoms with Crippen LogP contribution < -0.4 is 0 Å². The molecule has 0 bridgehead atoms. The number of imidazole rings is 1. The lowest BCUT2D eigenvalue weighted by atomic mass is 9.86. The summed E-state index contributed by atoms with van der Waals surface area (Å²) in [5.74, 6) is 0.972. The van der Waals surface area contributed by atoms with Crippen LogP contribution in [0.3, 0.4) is 0 Å². The molecule has 0 saturated heterocycles. The zero-order valence-electron chi connectivity index (χ0n) is 12.8. The first kappa shape index (κ1) is 15.5. The lowest BCUT2D eigenvalue weighted by Gasteiger charge is -2.36. The van der Waals surface area contributed by atoms with E-state index in [2.05, 4.69) is 16.5 Å².